The van der Waals surface area contributed by atoms with Crippen LogP contribution in [0.4, 0.5) is 9.59 Å². The van der Waals surface area contributed by atoms with Gasteiger partial charge < -0.3 is 29.3 Å². The lowest BCUT2D eigenvalue weighted by Gasteiger charge is -2.37. The third-order valence-corrected chi connectivity index (χ3v) is 8.25. The molecule has 236 valence electrons. The van der Waals surface area contributed by atoms with Gasteiger partial charge in [0.25, 0.3) is 0 Å². The molecule has 0 aromatic carbocycles. The minimum Gasteiger partial charge on any atom is -0.447 e. The standard InChI is InChI=1S/C32H63N3O5/c1-4-5-6-7-8-9-10-11-12-13-14-15-16-17-18-20-23-33-31(36)39-28-30(38-3)29-40-32(37)34-24-27-35(2)25-21-19-22-26-35/h30H,4-29H2,1-3H3,(H-,33,34,36,37)/p+1. The SMILES string of the molecule is CCCCCCCCCCCCCCCCCCNC(=O)OCC(COC(=O)NCC[N+]1(C)CCCCC1)OC. The molecule has 8 nitrogen and oxygen atoms in total. The molecule has 0 aromatic heterocycles. The van der Waals surface area contributed by atoms with E-state index in [2.05, 4.69) is 24.6 Å². The first-order valence-corrected chi connectivity index (χ1v) is 16.7. The van der Waals surface area contributed by atoms with E-state index in [9.17, 15) is 9.59 Å². The smallest absolute Gasteiger partial charge is 0.407 e. The number of hydrogen-bond acceptors (Lipinski definition) is 5. The van der Waals surface area contributed by atoms with E-state index < -0.39 is 18.3 Å². The first-order chi connectivity index (χ1) is 19.5. The van der Waals surface area contributed by atoms with Gasteiger partial charge in [0.05, 0.1) is 33.2 Å². The molecule has 1 rings (SSSR count). The van der Waals surface area contributed by atoms with Gasteiger partial charge in [-0.1, -0.05) is 103 Å². The van der Waals surface area contributed by atoms with Crippen molar-refractivity contribution in [3.05, 3.63) is 0 Å². The third kappa shape index (κ3) is 21.2. The van der Waals surface area contributed by atoms with Crippen LogP contribution in [0.2, 0.25) is 0 Å². The number of carbonyl (C=O) groups is 2. The molecule has 0 radical (unpaired) electrons. The molecule has 1 aliphatic heterocycles. The number of hydrogen-bond donors (Lipinski definition) is 2. The molecular formula is C32H64N3O5+. The number of likely N-dealkylation sites (N-methyl/N-ethyl adjacent to an activating group) is 1. The highest BCUT2D eigenvalue weighted by Crippen LogP contribution is 2.15. The van der Waals surface area contributed by atoms with E-state index >= 15 is 0 Å². The van der Waals surface area contributed by atoms with Gasteiger partial charge in [-0.05, 0) is 25.7 Å². The monoisotopic (exact) mass is 570 g/mol. The Hall–Kier alpha value is -1.54. The second-order valence-electron chi connectivity index (χ2n) is 12.1. The van der Waals surface area contributed by atoms with Gasteiger partial charge in [0.15, 0.2) is 0 Å². The van der Waals surface area contributed by atoms with Gasteiger partial charge in [-0.3, -0.25) is 0 Å². The van der Waals surface area contributed by atoms with Gasteiger partial charge in [0, 0.05) is 13.7 Å². The van der Waals surface area contributed by atoms with Crippen LogP contribution in [0.5, 0.6) is 0 Å². The van der Waals surface area contributed by atoms with Crippen LogP contribution in [0.25, 0.3) is 0 Å². The van der Waals surface area contributed by atoms with Crippen molar-refractivity contribution in [1.82, 2.24) is 10.6 Å². The molecule has 1 heterocycles. The van der Waals surface area contributed by atoms with Crippen LogP contribution in [0.1, 0.15) is 129 Å². The number of methoxy groups -OCH3 is 1. The van der Waals surface area contributed by atoms with Crippen molar-refractivity contribution in [2.75, 3.05) is 60.1 Å². The van der Waals surface area contributed by atoms with Gasteiger partial charge in [-0.15, -0.1) is 0 Å². The van der Waals surface area contributed by atoms with Crippen LogP contribution in [-0.2, 0) is 14.2 Å². The Morgan fingerprint density at radius 1 is 0.650 bits per heavy atom. The number of quaternary nitrogens is 1. The topological polar surface area (TPSA) is 85.9 Å². The number of carbonyl (C=O) groups excluding carboxylic acids is 2. The molecule has 0 aromatic rings. The van der Waals surface area contributed by atoms with Gasteiger partial charge in [0.1, 0.15) is 19.3 Å². The Labute approximate surface area is 246 Å². The van der Waals surface area contributed by atoms with Crippen molar-refractivity contribution in [3.8, 4) is 0 Å². The molecular weight excluding hydrogens is 506 g/mol. The molecule has 1 unspecified atom stereocenters. The van der Waals surface area contributed by atoms with E-state index in [0.717, 1.165) is 23.9 Å². The van der Waals surface area contributed by atoms with Crippen molar-refractivity contribution in [1.29, 1.82) is 0 Å². The lowest BCUT2D eigenvalue weighted by molar-refractivity contribution is -0.912. The highest BCUT2D eigenvalue weighted by molar-refractivity contribution is 5.67. The average molecular weight is 571 g/mol. The first-order valence-electron chi connectivity index (χ1n) is 16.7. The number of ether oxygens (including phenoxy) is 3. The predicted octanol–water partition coefficient (Wildman–Crippen LogP) is 7.35. The zero-order valence-electron chi connectivity index (χ0n) is 26.5. The number of likely N-dealkylation sites (tertiary alicyclic amines) is 1. The number of rotatable bonds is 25. The average Bonchev–Trinajstić information content (AvgIpc) is 2.95. The number of nitrogens with zero attached hydrogens (tertiary/aromatic N) is 1. The van der Waals surface area contributed by atoms with Crippen LogP contribution >= 0.6 is 0 Å². The minimum atomic E-state index is -0.487. The molecule has 40 heavy (non-hydrogen) atoms. The Bertz CT molecular complexity index is 613. The van der Waals surface area contributed by atoms with Crippen LogP contribution in [0.3, 0.4) is 0 Å². The van der Waals surface area contributed by atoms with E-state index in [0.29, 0.717) is 13.1 Å². The van der Waals surface area contributed by atoms with Crippen molar-refractivity contribution < 1.29 is 28.3 Å². The normalized spacial score (nSPS) is 15.4. The summed E-state index contributed by atoms with van der Waals surface area (Å²) in [6.45, 7) is 6.81. The van der Waals surface area contributed by atoms with Crippen LogP contribution in [0, 0.1) is 0 Å². The fourth-order valence-electron chi connectivity index (χ4n) is 5.41. The van der Waals surface area contributed by atoms with Crippen LogP contribution in [0.15, 0.2) is 0 Å². The number of nitrogens with one attached hydrogen (secondary N) is 2. The first kappa shape index (κ1) is 36.5. The summed E-state index contributed by atoms with van der Waals surface area (Å²) >= 11 is 0. The molecule has 1 aliphatic rings. The third-order valence-electron chi connectivity index (χ3n) is 8.25. The van der Waals surface area contributed by atoms with E-state index in [1.165, 1.54) is 129 Å². The van der Waals surface area contributed by atoms with Gasteiger partial charge in [-0.2, -0.15) is 0 Å². The van der Waals surface area contributed by atoms with E-state index in [-0.39, 0.29) is 13.2 Å². The summed E-state index contributed by atoms with van der Waals surface area (Å²) in [6, 6.07) is 0. The summed E-state index contributed by atoms with van der Waals surface area (Å²) in [5.41, 5.74) is 0. The highest BCUT2D eigenvalue weighted by Gasteiger charge is 2.24. The van der Waals surface area contributed by atoms with Crippen molar-refractivity contribution >= 4 is 12.2 Å². The molecule has 2 amide bonds. The maximum Gasteiger partial charge on any atom is 0.407 e. The summed E-state index contributed by atoms with van der Waals surface area (Å²) < 4.78 is 16.8. The number of amides is 2. The highest BCUT2D eigenvalue weighted by atomic mass is 16.6. The van der Waals surface area contributed by atoms with Crippen molar-refractivity contribution in [3.63, 3.8) is 0 Å². The summed E-state index contributed by atoms with van der Waals surface area (Å²) in [6.07, 6.45) is 23.7. The van der Waals surface area contributed by atoms with Gasteiger partial charge in [0.2, 0.25) is 0 Å². The Balaban J connectivity index is 1.89. The fraction of sp³-hybridized carbons (Fsp3) is 0.938. The number of piperidine rings is 1. The molecule has 8 heteroatoms. The second kappa shape index (κ2) is 25.2. The van der Waals surface area contributed by atoms with Crippen LogP contribution < -0.4 is 10.6 Å². The zero-order chi connectivity index (χ0) is 29.2. The van der Waals surface area contributed by atoms with E-state index in [1.54, 1.807) is 0 Å². The Morgan fingerprint density at radius 3 is 1.52 bits per heavy atom. The predicted molar refractivity (Wildman–Crippen MR) is 164 cm³/mol. The van der Waals surface area contributed by atoms with E-state index in [4.69, 9.17) is 14.2 Å². The quantitative estimate of drug-likeness (QED) is 0.0885. The summed E-state index contributed by atoms with van der Waals surface area (Å²) in [5.74, 6) is 0. The number of alkyl carbamates (subject to hydrolysis) is 2. The van der Waals surface area contributed by atoms with Gasteiger partial charge >= 0.3 is 12.2 Å². The van der Waals surface area contributed by atoms with Crippen molar-refractivity contribution in [2.24, 2.45) is 0 Å². The molecule has 1 atom stereocenters. The molecule has 0 aliphatic carbocycles. The molecule has 0 saturated carbocycles. The molecule has 0 spiro atoms. The number of unbranched alkanes of at least 4 members (excludes halogenated alkanes) is 15. The molecule has 1 fully saturated rings. The maximum atomic E-state index is 12.0. The molecule has 2 N–H and O–H groups in total. The molecule has 0 bridgehead atoms. The Morgan fingerprint density at radius 2 is 1.07 bits per heavy atom. The fourth-order valence-corrected chi connectivity index (χ4v) is 5.41. The summed E-state index contributed by atoms with van der Waals surface area (Å²) in [4.78, 5) is 24.0. The lowest BCUT2D eigenvalue weighted by atomic mass is 10.0. The maximum absolute atomic E-state index is 12.0. The zero-order valence-corrected chi connectivity index (χ0v) is 26.5. The summed E-state index contributed by atoms with van der Waals surface area (Å²) in [7, 11) is 3.76. The van der Waals surface area contributed by atoms with Crippen LogP contribution in [-0.4, -0.2) is 82.9 Å². The minimum absolute atomic E-state index is 0.0425. The van der Waals surface area contributed by atoms with E-state index in [1.807, 2.05) is 0 Å². The van der Waals surface area contributed by atoms with Crippen molar-refractivity contribution in [2.45, 2.75) is 135 Å². The Kier molecular flexibility index (Phi) is 23.0. The summed E-state index contributed by atoms with van der Waals surface area (Å²) in [5, 5.41) is 5.62. The lowest BCUT2D eigenvalue weighted by Crippen LogP contribution is -2.51. The molecule has 1 saturated heterocycles. The largest absolute Gasteiger partial charge is 0.447 e. The second-order valence-corrected chi connectivity index (χ2v) is 12.1. The van der Waals surface area contributed by atoms with Gasteiger partial charge in [-0.25, -0.2) is 9.59 Å².